The van der Waals surface area contributed by atoms with Crippen LogP contribution >= 0.6 is 0 Å². The smallest absolute Gasteiger partial charge is 0.417 e. The fraction of sp³-hybridized carbons (Fsp3) is 0.267. The van der Waals surface area contributed by atoms with Gasteiger partial charge in [-0.25, -0.2) is 4.79 Å². The molecule has 0 fully saturated rings. The first kappa shape index (κ1) is 25.8. The molecule has 7 nitrogen and oxygen atoms in total. The molecule has 4 rings (SSSR count). The maximum atomic E-state index is 12.8. The molecule has 37 heavy (non-hydrogen) atoms. The molecule has 1 N–H and O–H groups in total. The second-order valence-corrected chi connectivity index (χ2v) is 9.76. The van der Waals surface area contributed by atoms with Gasteiger partial charge < -0.3 is 18.9 Å². The highest BCUT2D eigenvalue weighted by molar-refractivity contribution is 5.89. The van der Waals surface area contributed by atoms with E-state index in [0.717, 1.165) is 27.6 Å². The second-order valence-electron chi connectivity index (χ2n) is 9.76. The van der Waals surface area contributed by atoms with Crippen molar-refractivity contribution >= 4 is 22.7 Å². The van der Waals surface area contributed by atoms with Crippen molar-refractivity contribution in [1.29, 1.82) is 0 Å². The Balaban J connectivity index is 1.57. The fourth-order valence-electron chi connectivity index (χ4n) is 4.11. The van der Waals surface area contributed by atoms with E-state index in [2.05, 4.69) is 31.1 Å². The summed E-state index contributed by atoms with van der Waals surface area (Å²) in [5.41, 5.74) is 3.93. The molecule has 0 radical (unpaired) electrons. The van der Waals surface area contributed by atoms with Crippen LogP contribution in [0.25, 0.3) is 10.9 Å². The van der Waals surface area contributed by atoms with E-state index in [1.165, 1.54) is 0 Å². The Morgan fingerprint density at radius 3 is 2.22 bits per heavy atom. The summed E-state index contributed by atoms with van der Waals surface area (Å²) in [6.07, 6.45) is 1.14. The zero-order valence-electron chi connectivity index (χ0n) is 22.3. The average molecular weight is 501 g/mol. The Hall–Kier alpha value is -4.26. The van der Waals surface area contributed by atoms with E-state index < -0.39 is 6.09 Å². The van der Waals surface area contributed by atoms with Gasteiger partial charge in [-0.3, -0.25) is 10.3 Å². The standard InChI is InChI=1S/C30H32N2O5/c1-18-19(2)24(36-25-14-15-31-23-17-28(35-7)27(34-6)16-20(23)25)13-12-22(18)32-29(33)37-26-11-9-8-10-21(26)30(3,4)5/h8-17H,1-7H3,(H,32,33). The van der Waals surface area contributed by atoms with Gasteiger partial charge in [0.1, 0.15) is 17.2 Å². The molecule has 192 valence electrons. The number of hydrogen-bond donors (Lipinski definition) is 1. The predicted octanol–water partition coefficient (Wildman–Crippen LogP) is 7.57. The van der Waals surface area contributed by atoms with Crippen LogP contribution in [0.2, 0.25) is 0 Å². The number of carbonyl (C=O) groups is 1. The molecular weight excluding hydrogens is 468 g/mol. The van der Waals surface area contributed by atoms with Crippen molar-refractivity contribution in [1.82, 2.24) is 4.98 Å². The Morgan fingerprint density at radius 2 is 1.51 bits per heavy atom. The third-order valence-corrected chi connectivity index (χ3v) is 6.30. The third-order valence-electron chi connectivity index (χ3n) is 6.30. The molecular formula is C30H32N2O5. The summed E-state index contributed by atoms with van der Waals surface area (Å²) in [4.78, 5) is 17.2. The van der Waals surface area contributed by atoms with Crippen molar-refractivity contribution in [3.63, 3.8) is 0 Å². The number of methoxy groups -OCH3 is 2. The molecule has 0 saturated carbocycles. The van der Waals surface area contributed by atoms with E-state index in [9.17, 15) is 4.79 Å². The average Bonchev–Trinajstić information content (AvgIpc) is 2.87. The van der Waals surface area contributed by atoms with Crippen LogP contribution in [-0.4, -0.2) is 25.3 Å². The van der Waals surface area contributed by atoms with Crippen LogP contribution in [0, 0.1) is 13.8 Å². The van der Waals surface area contributed by atoms with E-state index in [1.807, 2.05) is 56.3 Å². The zero-order chi connectivity index (χ0) is 26.7. The minimum Gasteiger partial charge on any atom is -0.493 e. The molecule has 1 heterocycles. The molecule has 0 unspecified atom stereocenters. The molecule has 7 heteroatoms. The summed E-state index contributed by atoms with van der Waals surface area (Å²) in [5.74, 6) is 3.02. The van der Waals surface area contributed by atoms with Crippen molar-refractivity contribution in [2.24, 2.45) is 0 Å². The molecule has 0 aliphatic rings. The number of hydrogen-bond acceptors (Lipinski definition) is 6. The summed E-state index contributed by atoms with van der Waals surface area (Å²) in [5, 5.41) is 3.66. The molecule has 4 aromatic rings. The molecule has 1 aromatic heterocycles. The minimum absolute atomic E-state index is 0.158. The van der Waals surface area contributed by atoms with Crippen molar-refractivity contribution < 1.29 is 23.7 Å². The molecule has 0 saturated heterocycles. The van der Waals surface area contributed by atoms with Crippen LogP contribution in [0.15, 0.2) is 60.8 Å². The quantitative estimate of drug-likeness (QED) is 0.294. The van der Waals surface area contributed by atoms with Gasteiger partial charge >= 0.3 is 6.09 Å². The lowest BCUT2D eigenvalue weighted by atomic mass is 9.86. The number of pyridine rings is 1. The van der Waals surface area contributed by atoms with E-state index in [-0.39, 0.29) is 5.41 Å². The lowest BCUT2D eigenvalue weighted by Gasteiger charge is -2.22. The van der Waals surface area contributed by atoms with E-state index in [0.29, 0.717) is 34.4 Å². The van der Waals surface area contributed by atoms with Crippen LogP contribution in [0.3, 0.4) is 0 Å². The zero-order valence-corrected chi connectivity index (χ0v) is 22.3. The molecule has 0 spiro atoms. The minimum atomic E-state index is -0.547. The second kappa shape index (κ2) is 10.4. The number of nitrogens with one attached hydrogen (secondary N) is 1. The van der Waals surface area contributed by atoms with Crippen molar-refractivity contribution in [2.45, 2.75) is 40.0 Å². The van der Waals surface area contributed by atoms with Crippen LogP contribution in [0.1, 0.15) is 37.5 Å². The molecule has 1 amide bonds. The predicted molar refractivity (Wildman–Crippen MR) is 146 cm³/mol. The van der Waals surface area contributed by atoms with Gasteiger partial charge in [-0.1, -0.05) is 39.0 Å². The Kier molecular flexibility index (Phi) is 7.25. The van der Waals surface area contributed by atoms with Gasteiger partial charge in [-0.15, -0.1) is 0 Å². The summed E-state index contributed by atoms with van der Waals surface area (Å²) in [7, 11) is 3.18. The largest absolute Gasteiger partial charge is 0.493 e. The normalized spacial score (nSPS) is 11.2. The number of amides is 1. The van der Waals surface area contributed by atoms with E-state index >= 15 is 0 Å². The number of carbonyl (C=O) groups excluding carboxylic acids is 1. The number of anilines is 1. The summed E-state index contributed by atoms with van der Waals surface area (Å²) in [6.45, 7) is 10.1. The Morgan fingerprint density at radius 1 is 0.811 bits per heavy atom. The molecule has 3 aromatic carbocycles. The highest BCUT2D eigenvalue weighted by atomic mass is 16.6. The topological polar surface area (TPSA) is 78.9 Å². The monoisotopic (exact) mass is 500 g/mol. The van der Waals surface area contributed by atoms with Crippen molar-refractivity contribution in [2.75, 3.05) is 19.5 Å². The van der Waals surface area contributed by atoms with Gasteiger partial charge in [-0.2, -0.15) is 0 Å². The molecule has 0 atom stereocenters. The summed E-state index contributed by atoms with van der Waals surface area (Å²) < 4.78 is 22.8. The summed E-state index contributed by atoms with van der Waals surface area (Å²) in [6, 6.07) is 16.7. The number of aromatic nitrogens is 1. The first-order chi connectivity index (χ1) is 17.6. The number of benzene rings is 3. The first-order valence-electron chi connectivity index (χ1n) is 12.0. The van der Waals surface area contributed by atoms with E-state index in [4.69, 9.17) is 18.9 Å². The highest BCUT2D eigenvalue weighted by Gasteiger charge is 2.21. The number of para-hydroxylation sites is 1. The fourth-order valence-corrected chi connectivity index (χ4v) is 4.11. The first-order valence-corrected chi connectivity index (χ1v) is 12.0. The maximum Gasteiger partial charge on any atom is 0.417 e. The Labute approximate surface area is 217 Å². The van der Waals surface area contributed by atoms with Gasteiger partial charge in [0.2, 0.25) is 0 Å². The molecule has 0 aliphatic carbocycles. The Bertz CT molecular complexity index is 1460. The number of fused-ring (bicyclic) bond motifs is 1. The van der Waals surface area contributed by atoms with Gasteiger partial charge in [-0.05, 0) is 60.7 Å². The van der Waals surface area contributed by atoms with E-state index in [1.54, 1.807) is 32.5 Å². The maximum absolute atomic E-state index is 12.8. The van der Waals surface area contributed by atoms with Gasteiger partial charge in [0.05, 0.1) is 19.7 Å². The summed E-state index contributed by atoms with van der Waals surface area (Å²) >= 11 is 0. The number of rotatable bonds is 6. The van der Waals surface area contributed by atoms with Gasteiger partial charge in [0.25, 0.3) is 0 Å². The van der Waals surface area contributed by atoms with Crippen LogP contribution < -0.4 is 24.3 Å². The SMILES string of the molecule is COc1cc2nccc(Oc3ccc(NC(=O)Oc4ccccc4C(C)(C)C)c(C)c3C)c2cc1OC. The molecule has 0 aliphatic heterocycles. The highest BCUT2D eigenvalue weighted by Crippen LogP contribution is 2.38. The lowest BCUT2D eigenvalue weighted by molar-refractivity contribution is 0.214. The van der Waals surface area contributed by atoms with Crippen molar-refractivity contribution in [3.8, 4) is 28.7 Å². The van der Waals surface area contributed by atoms with Gasteiger partial charge in [0, 0.05) is 28.9 Å². The molecule has 0 bridgehead atoms. The van der Waals surface area contributed by atoms with Gasteiger partial charge in [0.15, 0.2) is 11.5 Å². The number of nitrogens with zero attached hydrogens (tertiary/aromatic N) is 1. The number of ether oxygens (including phenoxy) is 4. The van der Waals surface area contributed by atoms with Crippen LogP contribution in [0.4, 0.5) is 10.5 Å². The lowest BCUT2D eigenvalue weighted by Crippen LogP contribution is -2.20. The third kappa shape index (κ3) is 5.45. The van der Waals surface area contributed by atoms with Crippen LogP contribution in [0.5, 0.6) is 28.7 Å². The van der Waals surface area contributed by atoms with Crippen molar-refractivity contribution in [3.05, 3.63) is 77.5 Å². The van der Waals surface area contributed by atoms with Crippen LogP contribution in [-0.2, 0) is 5.41 Å².